The Morgan fingerprint density at radius 3 is 1.85 bits per heavy atom. The van der Waals surface area contributed by atoms with Gasteiger partial charge >= 0.3 is 20.7 Å². The van der Waals surface area contributed by atoms with Gasteiger partial charge in [-0.3, -0.25) is 9.59 Å². The lowest BCUT2D eigenvalue weighted by Gasteiger charge is -2.28. The van der Waals surface area contributed by atoms with Gasteiger partial charge in [0.15, 0.2) is 0 Å². The topological polar surface area (TPSA) is 92.3 Å². The van der Waals surface area contributed by atoms with Crippen LogP contribution in [0, 0.1) is 0 Å². The summed E-state index contributed by atoms with van der Waals surface area (Å²) < 4.78 is 27.3. The SMILES string of the molecule is CCOC(=O)C[C@H](NCCC[Si](OCC)(OCC)OCC)C(=O)OCC. The Bertz CT molecular complexity index is 378. The molecule has 0 aromatic carbocycles. The Balaban J connectivity index is 4.64. The maximum Gasteiger partial charge on any atom is 0.500 e. The minimum absolute atomic E-state index is 0.0579. The summed E-state index contributed by atoms with van der Waals surface area (Å²) >= 11 is 0. The highest BCUT2D eigenvalue weighted by Crippen LogP contribution is 2.18. The molecule has 154 valence electrons. The van der Waals surface area contributed by atoms with Gasteiger partial charge in [0.2, 0.25) is 0 Å². The van der Waals surface area contributed by atoms with Crippen molar-refractivity contribution in [2.24, 2.45) is 0 Å². The molecule has 0 radical (unpaired) electrons. The highest BCUT2D eigenvalue weighted by atomic mass is 28.4. The van der Waals surface area contributed by atoms with E-state index in [0.717, 1.165) is 0 Å². The number of hydrogen-bond donors (Lipinski definition) is 1. The van der Waals surface area contributed by atoms with Gasteiger partial charge in [0.25, 0.3) is 0 Å². The minimum atomic E-state index is -2.70. The first-order chi connectivity index (χ1) is 12.5. The molecule has 0 unspecified atom stereocenters. The smallest absolute Gasteiger partial charge is 0.466 e. The standard InChI is InChI=1S/C17H35NO7Si/c1-6-21-16(19)14-15(17(20)22-7-2)18-12-11-13-26(23-8-3,24-9-4)25-10-5/h15,18H,6-14H2,1-5H3/t15-/m0/s1. The van der Waals surface area contributed by atoms with Gasteiger partial charge in [0, 0.05) is 25.9 Å². The number of nitrogens with one attached hydrogen (secondary N) is 1. The lowest BCUT2D eigenvalue weighted by atomic mass is 10.2. The Kier molecular flexibility index (Phi) is 14.5. The number of carbonyl (C=O) groups is 2. The average molecular weight is 394 g/mol. The van der Waals surface area contributed by atoms with E-state index in [2.05, 4.69) is 5.32 Å². The van der Waals surface area contributed by atoms with Gasteiger partial charge in [0.1, 0.15) is 6.04 Å². The zero-order valence-corrected chi connectivity index (χ0v) is 17.8. The van der Waals surface area contributed by atoms with Crippen molar-refractivity contribution in [2.45, 2.75) is 59.5 Å². The maximum atomic E-state index is 12.0. The molecule has 0 aliphatic carbocycles. The maximum absolute atomic E-state index is 12.0. The molecule has 0 bridgehead atoms. The van der Waals surface area contributed by atoms with Crippen molar-refractivity contribution < 1.29 is 32.3 Å². The second-order valence-electron chi connectivity index (χ2n) is 5.35. The average Bonchev–Trinajstić information content (AvgIpc) is 2.58. The van der Waals surface area contributed by atoms with Crippen molar-refractivity contribution in [3.8, 4) is 0 Å². The Labute approximate surface area is 158 Å². The summed E-state index contributed by atoms with van der Waals surface area (Å²) in [5.74, 6) is -0.886. The molecule has 1 N–H and O–H groups in total. The number of ether oxygens (including phenoxy) is 2. The van der Waals surface area contributed by atoms with Crippen LogP contribution in [0.1, 0.15) is 47.5 Å². The highest BCUT2D eigenvalue weighted by Gasteiger charge is 2.39. The van der Waals surface area contributed by atoms with E-state index in [1.54, 1.807) is 13.8 Å². The molecule has 0 amide bonds. The lowest BCUT2D eigenvalue weighted by molar-refractivity contribution is -0.152. The third kappa shape index (κ3) is 10.2. The number of hydrogen-bond acceptors (Lipinski definition) is 8. The van der Waals surface area contributed by atoms with E-state index < -0.39 is 26.8 Å². The van der Waals surface area contributed by atoms with Crippen LogP contribution in [-0.4, -0.2) is 66.4 Å². The first-order valence-electron chi connectivity index (χ1n) is 9.45. The molecule has 0 aromatic heterocycles. The van der Waals surface area contributed by atoms with E-state index in [4.69, 9.17) is 22.8 Å². The van der Waals surface area contributed by atoms with Crippen LogP contribution in [-0.2, 0) is 32.3 Å². The second-order valence-corrected chi connectivity index (χ2v) is 8.09. The Morgan fingerprint density at radius 2 is 1.38 bits per heavy atom. The van der Waals surface area contributed by atoms with E-state index in [9.17, 15) is 9.59 Å². The molecule has 8 nitrogen and oxygen atoms in total. The molecule has 0 aliphatic heterocycles. The lowest BCUT2D eigenvalue weighted by Crippen LogP contribution is -2.47. The van der Waals surface area contributed by atoms with Crippen molar-refractivity contribution in [1.29, 1.82) is 0 Å². The van der Waals surface area contributed by atoms with Gasteiger partial charge in [-0.25, -0.2) is 0 Å². The quantitative estimate of drug-likeness (QED) is 0.241. The van der Waals surface area contributed by atoms with Crippen molar-refractivity contribution in [3.05, 3.63) is 0 Å². The van der Waals surface area contributed by atoms with Crippen LogP contribution in [0.2, 0.25) is 6.04 Å². The molecule has 26 heavy (non-hydrogen) atoms. The van der Waals surface area contributed by atoms with E-state index in [0.29, 0.717) is 38.8 Å². The molecule has 0 saturated carbocycles. The van der Waals surface area contributed by atoms with Crippen LogP contribution in [0.4, 0.5) is 0 Å². The van der Waals surface area contributed by atoms with E-state index >= 15 is 0 Å². The fourth-order valence-electron chi connectivity index (χ4n) is 2.45. The highest BCUT2D eigenvalue weighted by molar-refractivity contribution is 6.60. The van der Waals surface area contributed by atoms with E-state index in [1.165, 1.54) is 0 Å². The molecule has 9 heteroatoms. The molecule has 0 saturated heterocycles. The van der Waals surface area contributed by atoms with Gasteiger partial charge in [0.05, 0.1) is 19.6 Å². The number of esters is 2. The van der Waals surface area contributed by atoms with Gasteiger partial charge in [-0.05, 0) is 47.6 Å². The van der Waals surface area contributed by atoms with Crippen LogP contribution in [0.5, 0.6) is 0 Å². The summed E-state index contributed by atoms with van der Waals surface area (Å²) in [4.78, 5) is 23.7. The van der Waals surface area contributed by atoms with Crippen LogP contribution < -0.4 is 5.32 Å². The summed E-state index contributed by atoms with van der Waals surface area (Å²) in [7, 11) is -2.70. The third-order valence-corrected chi connectivity index (χ3v) is 6.54. The van der Waals surface area contributed by atoms with Crippen molar-refractivity contribution in [2.75, 3.05) is 39.6 Å². The van der Waals surface area contributed by atoms with Gasteiger partial charge in [-0.15, -0.1) is 0 Å². The Hall–Kier alpha value is -1.00. The molecule has 1 atom stereocenters. The summed E-state index contributed by atoms with van der Waals surface area (Å²) in [6, 6.07) is -0.0962. The van der Waals surface area contributed by atoms with Crippen molar-refractivity contribution in [3.63, 3.8) is 0 Å². The number of rotatable bonds is 16. The first kappa shape index (κ1) is 25.0. The fourth-order valence-corrected chi connectivity index (χ4v) is 5.06. The predicted octanol–water partition coefficient (Wildman–Crippen LogP) is 1.90. The van der Waals surface area contributed by atoms with E-state index in [1.807, 2.05) is 20.8 Å². The normalized spacial score (nSPS) is 12.7. The molecule has 0 spiro atoms. The zero-order chi connectivity index (χ0) is 19.8. The largest absolute Gasteiger partial charge is 0.500 e. The summed E-state index contributed by atoms with van der Waals surface area (Å²) in [5.41, 5.74) is 0. The van der Waals surface area contributed by atoms with Crippen LogP contribution in [0.25, 0.3) is 0 Å². The predicted molar refractivity (Wildman–Crippen MR) is 99.7 cm³/mol. The molecule has 0 fully saturated rings. The number of carbonyl (C=O) groups excluding carboxylic acids is 2. The van der Waals surface area contributed by atoms with Crippen molar-refractivity contribution in [1.82, 2.24) is 5.32 Å². The molecule has 0 rings (SSSR count). The molecule has 0 aromatic rings. The molecular weight excluding hydrogens is 358 g/mol. The monoisotopic (exact) mass is 393 g/mol. The Morgan fingerprint density at radius 1 is 0.846 bits per heavy atom. The summed E-state index contributed by atoms with van der Waals surface area (Å²) in [6.07, 6.45) is 0.628. The summed E-state index contributed by atoms with van der Waals surface area (Å²) in [6.45, 7) is 11.8. The first-order valence-corrected chi connectivity index (χ1v) is 11.4. The van der Waals surface area contributed by atoms with Gasteiger partial charge in [-0.2, -0.15) is 0 Å². The van der Waals surface area contributed by atoms with Crippen LogP contribution >= 0.6 is 0 Å². The minimum Gasteiger partial charge on any atom is -0.466 e. The van der Waals surface area contributed by atoms with E-state index in [-0.39, 0.29) is 19.6 Å². The van der Waals surface area contributed by atoms with Gasteiger partial charge in [-0.1, -0.05) is 0 Å². The summed E-state index contributed by atoms with van der Waals surface area (Å²) in [5, 5.41) is 3.07. The van der Waals surface area contributed by atoms with Crippen LogP contribution in [0.15, 0.2) is 0 Å². The van der Waals surface area contributed by atoms with Crippen LogP contribution in [0.3, 0.4) is 0 Å². The molecular formula is C17H35NO7Si. The van der Waals surface area contributed by atoms with Crippen molar-refractivity contribution >= 4 is 20.7 Å². The second kappa shape index (κ2) is 15.1. The molecule has 0 aliphatic rings. The third-order valence-electron chi connectivity index (χ3n) is 3.39. The fraction of sp³-hybridized carbons (Fsp3) is 0.882. The molecule has 0 heterocycles. The van der Waals surface area contributed by atoms with Gasteiger partial charge < -0.3 is 28.1 Å². The zero-order valence-electron chi connectivity index (χ0n) is 16.8.